The van der Waals surface area contributed by atoms with Crippen LogP contribution >= 0.6 is 0 Å². The maximum Gasteiger partial charge on any atom is 0.457 e. The zero-order chi connectivity index (χ0) is 28.9. The lowest BCUT2D eigenvalue weighted by atomic mass is 9.64. The monoisotopic (exact) mass is 541 g/mol. The highest BCUT2D eigenvalue weighted by atomic mass is 16.7. The predicted octanol–water partition coefficient (Wildman–Crippen LogP) is 5.04. The average molecular weight is 542 g/mol. The molecule has 1 saturated heterocycles. The van der Waals surface area contributed by atoms with Crippen LogP contribution in [-0.4, -0.2) is 53.8 Å². The standard InChI is InChI=1S/C31H52BN3O4/c1-23(36)34-31(27(37)35-28(2,3)4,18-12-13-19-32-38-29(5,6)30(7,8)39-32)25-21-26(22-25)33-20-14-17-24-15-10-9-11-16-24/h9-11,15-16,25-26,33H,12-14,17-22H2,1-8H3,(H,34,36)(H,35,37)/t25-,26-,31-/m0/s1. The summed E-state index contributed by atoms with van der Waals surface area (Å²) in [6, 6.07) is 10.9. The number of carbonyl (C=O) groups excluding carboxylic acids is 2. The molecule has 8 heteroatoms. The van der Waals surface area contributed by atoms with E-state index in [2.05, 4.69) is 67.9 Å². The number of aryl methyl sites for hydroxylation is 1. The second kappa shape index (κ2) is 12.7. The summed E-state index contributed by atoms with van der Waals surface area (Å²) in [6.45, 7) is 16.7. The molecule has 0 aromatic heterocycles. The molecule has 3 rings (SSSR count). The second-order valence-corrected chi connectivity index (χ2v) is 13.7. The van der Waals surface area contributed by atoms with Crippen LogP contribution in [0.3, 0.4) is 0 Å². The van der Waals surface area contributed by atoms with E-state index in [1.807, 2.05) is 26.8 Å². The van der Waals surface area contributed by atoms with Gasteiger partial charge in [-0.15, -0.1) is 0 Å². The van der Waals surface area contributed by atoms with Crippen molar-refractivity contribution in [1.29, 1.82) is 0 Å². The number of nitrogens with one attached hydrogen (secondary N) is 3. The first-order chi connectivity index (χ1) is 18.1. The second-order valence-electron chi connectivity index (χ2n) is 13.7. The first kappa shape index (κ1) is 31.6. The SMILES string of the molecule is CC(=O)N[C@](CCCCB1OC(C)(C)C(C)(C)O1)(C(=O)NC(C)(C)C)[C@H]1C[C@H](NCCCc2ccccc2)C1. The molecule has 1 aromatic rings. The minimum Gasteiger partial charge on any atom is -0.403 e. The Morgan fingerprint density at radius 2 is 1.56 bits per heavy atom. The van der Waals surface area contributed by atoms with Crippen LogP contribution in [-0.2, 0) is 25.3 Å². The van der Waals surface area contributed by atoms with Gasteiger partial charge in [-0.1, -0.05) is 43.2 Å². The van der Waals surface area contributed by atoms with Crippen molar-refractivity contribution in [2.45, 2.75) is 135 Å². The first-order valence-electron chi connectivity index (χ1n) is 14.9. The highest BCUT2D eigenvalue weighted by molar-refractivity contribution is 6.45. The summed E-state index contributed by atoms with van der Waals surface area (Å²) in [5, 5.41) is 9.99. The van der Waals surface area contributed by atoms with Gasteiger partial charge in [-0.05, 0) is 105 Å². The highest BCUT2D eigenvalue weighted by Gasteiger charge is 2.53. The van der Waals surface area contributed by atoms with Crippen LogP contribution in [0.4, 0.5) is 0 Å². The van der Waals surface area contributed by atoms with Crippen molar-refractivity contribution >= 4 is 18.9 Å². The number of rotatable bonds is 13. The van der Waals surface area contributed by atoms with Gasteiger partial charge < -0.3 is 25.3 Å². The van der Waals surface area contributed by atoms with E-state index in [4.69, 9.17) is 9.31 Å². The molecule has 218 valence electrons. The fraction of sp³-hybridized carbons (Fsp3) is 0.742. The summed E-state index contributed by atoms with van der Waals surface area (Å²) in [6.07, 6.45) is 6.89. The van der Waals surface area contributed by atoms with E-state index in [0.29, 0.717) is 12.5 Å². The molecular formula is C31H52BN3O4. The Hall–Kier alpha value is -1.90. The third-order valence-electron chi connectivity index (χ3n) is 8.61. The van der Waals surface area contributed by atoms with E-state index >= 15 is 0 Å². The summed E-state index contributed by atoms with van der Waals surface area (Å²) in [4.78, 5) is 26.2. The lowest BCUT2D eigenvalue weighted by Crippen LogP contribution is -2.68. The fourth-order valence-corrected chi connectivity index (χ4v) is 5.72. The van der Waals surface area contributed by atoms with Crippen molar-refractivity contribution in [3.63, 3.8) is 0 Å². The maximum absolute atomic E-state index is 13.8. The summed E-state index contributed by atoms with van der Waals surface area (Å²) < 4.78 is 12.3. The molecule has 1 heterocycles. The van der Waals surface area contributed by atoms with Crippen molar-refractivity contribution in [2.24, 2.45) is 5.92 Å². The quantitative estimate of drug-likeness (QED) is 0.241. The molecule has 39 heavy (non-hydrogen) atoms. The summed E-state index contributed by atoms with van der Waals surface area (Å²) in [5.74, 6) is -0.148. The zero-order valence-corrected chi connectivity index (χ0v) is 25.6. The van der Waals surface area contributed by atoms with Gasteiger partial charge in [0.1, 0.15) is 5.54 Å². The first-order valence-corrected chi connectivity index (χ1v) is 14.9. The number of amides is 2. The van der Waals surface area contributed by atoms with E-state index in [9.17, 15) is 9.59 Å². The minimum atomic E-state index is -0.919. The minimum absolute atomic E-state index is 0.0756. The Morgan fingerprint density at radius 1 is 0.949 bits per heavy atom. The van der Waals surface area contributed by atoms with Crippen LogP contribution < -0.4 is 16.0 Å². The Kier molecular flexibility index (Phi) is 10.3. The molecular weight excluding hydrogens is 489 g/mol. The van der Waals surface area contributed by atoms with E-state index in [0.717, 1.165) is 51.4 Å². The lowest BCUT2D eigenvalue weighted by molar-refractivity contribution is -0.139. The fourth-order valence-electron chi connectivity index (χ4n) is 5.72. The Morgan fingerprint density at radius 3 is 2.13 bits per heavy atom. The van der Waals surface area contributed by atoms with E-state index < -0.39 is 5.54 Å². The van der Waals surface area contributed by atoms with Gasteiger partial charge in [0.15, 0.2) is 0 Å². The third-order valence-corrected chi connectivity index (χ3v) is 8.61. The molecule has 3 N–H and O–H groups in total. The molecule has 0 radical (unpaired) electrons. The number of unbranched alkanes of at least 4 members (excludes halogenated alkanes) is 1. The molecule has 0 bridgehead atoms. The third kappa shape index (κ3) is 8.54. The molecule has 2 fully saturated rings. The average Bonchev–Trinajstić information content (AvgIpc) is 2.99. The van der Waals surface area contributed by atoms with Gasteiger partial charge in [-0.3, -0.25) is 9.59 Å². The topological polar surface area (TPSA) is 88.7 Å². The van der Waals surface area contributed by atoms with Gasteiger partial charge in [-0.2, -0.15) is 0 Å². The molecule has 0 unspecified atom stereocenters. The number of hydrogen-bond donors (Lipinski definition) is 3. The van der Waals surface area contributed by atoms with Gasteiger partial charge in [0, 0.05) is 18.5 Å². The maximum atomic E-state index is 13.8. The van der Waals surface area contributed by atoms with Gasteiger partial charge >= 0.3 is 7.12 Å². The van der Waals surface area contributed by atoms with E-state index in [-0.39, 0.29) is 41.6 Å². The van der Waals surface area contributed by atoms with Crippen molar-refractivity contribution in [3.8, 4) is 0 Å². The zero-order valence-electron chi connectivity index (χ0n) is 25.6. The van der Waals surface area contributed by atoms with Crippen LogP contribution in [0.25, 0.3) is 0 Å². The van der Waals surface area contributed by atoms with Gasteiger partial charge in [0.05, 0.1) is 11.2 Å². The molecule has 0 spiro atoms. The summed E-state index contributed by atoms with van der Waals surface area (Å²) >= 11 is 0. The normalized spacial score (nSPS) is 23.5. The van der Waals surface area contributed by atoms with Crippen molar-refractivity contribution in [2.75, 3.05) is 6.54 Å². The number of carbonyl (C=O) groups is 2. The van der Waals surface area contributed by atoms with Gasteiger partial charge in [-0.25, -0.2) is 0 Å². The molecule has 2 aliphatic rings. The van der Waals surface area contributed by atoms with Crippen LogP contribution in [0.15, 0.2) is 30.3 Å². The molecule has 1 atom stereocenters. The number of hydrogen-bond acceptors (Lipinski definition) is 5. The molecule has 1 saturated carbocycles. The van der Waals surface area contributed by atoms with Crippen LogP contribution in [0.5, 0.6) is 0 Å². The van der Waals surface area contributed by atoms with E-state index in [1.54, 1.807) is 0 Å². The molecule has 2 amide bonds. The molecule has 1 aliphatic carbocycles. The number of benzene rings is 1. The van der Waals surface area contributed by atoms with Crippen molar-refractivity contribution in [1.82, 2.24) is 16.0 Å². The van der Waals surface area contributed by atoms with Crippen molar-refractivity contribution < 1.29 is 18.9 Å². The molecule has 1 aliphatic heterocycles. The highest BCUT2D eigenvalue weighted by Crippen LogP contribution is 2.41. The summed E-state index contributed by atoms with van der Waals surface area (Å²) in [5.41, 5.74) is -0.646. The van der Waals surface area contributed by atoms with Crippen molar-refractivity contribution in [3.05, 3.63) is 35.9 Å². The lowest BCUT2D eigenvalue weighted by Gasteiger charge is -2.49. The molecule has 7 nitrogen and oxygen atoms in total. The Labute approximate surface area is 237 Å². The predicted molar refractivity (Wildman–Crippen MR) is 158 cm³/mol. The van der Waals surface area contributed by atoms with Crippen LogP contribution in [0.2, 0.25) is 6.32 Å². The largest absolute Gasteiger partial charge is 0.457 e. The Bertz CT molecular complexity index is 940. The Balaban J connectivity index is 1.59. The van der Waals surface area contributed by atoms with Crippen LogP contribution in [0, 0.1) is 5.92 Å². The summed E-state index contributed by atoms with van der Waals surface area (Å²) in [7, 11) is -0.248. The van der Waals surface area contributed by atoms with Crippen LogP contribution in [0.1, 0.15) is 99.5 Å². The van der Waals surface area contributed by atoms with Gasteiger partial charge in [0.25, 0.3) is 0 Å². The van der Waals surface area contributed by atoms with E-state index in [1.165, 1.54) is 12.5 Å². The smallest absolute Gasteiger partial charge is 0.403 e. The van der Waals surface area contributed by atoms with Gasteiger partial charge in [0.2, 0.25) is 11.8 Å². The molecule has 1 aromatic carbocycles.